The van der Waals surface area contributed by atoms with E-state index in [1.807, 2.05) is 12.1 Å². The number of pyridine rings is 2. The molecule has 0 bridgehead atoms. The second-order valence-corrected chi connectivity index (χ2v) is 7.43. The SMILES string of the molecule is C=CC[C@@H](NC(=O)c1cncc2c1cnn2-c1ccc(F)cc1)c1ccnc(Br)c1. The van der Waals surface area contributed by atoms with Crippen molar-refractivity contribution >= 4 is 32.7 Å². The third-order valence-corrected chi connectivity index (χ3v) is 5.11. The average Bonchev–Trinajstić information content (AvgIpc) is 3.18. The zero-order valence-electron chi connectivity index (χ0n) is 15.8. The molecule has 0 fully saturated rings. The van der Waals surface area contributed by atoms with Gasteiger partial charge in [0.05, 0.1) is 35.2 Å². The molecule has 0 aliphatic heterocycles. The van der Waals surface area contributed by atoms with Crippen LogP contribution < -0.4 is 5.32 Å². The number of benzene rings is 1. The fourth-order valence-corrected chi connectivity index (χ4v) is 3.61. The Hall–Kier alpha value is -3.39. The van der Waals surface area contributed by atoms with Gasteiger partial charge < -0.3 is 5.32 Å². The molecule has 0 saturated heterocycles. The molecule has 1 aromatic carbocycles. The lowest BCUT2D eigenvalue weighted by Crippen LogP contribution is -2.28. The standard InChI is InChI=1S/C22H17BrFN5O/c1-2-3-19(14-8-9-26-21(23)10-14)28-22(30)18-11-25-13-20-17(18)12-27-29(20)16-6-4-15(24)5-7-16/h2,4-13,19H,1,3H2,(H,28,30)/t19-/m1/s1. The third-order valence-electron chi connectivity index (χ3n) is 4.67. The number of carbonyl (C=O) groups is 1. The van der Waals surface area contributed by atoms with Crippen LogP contribution in [0.1, 0.15) is 28.4 Å². The van der Waals surface area contributed by atoms with Crippen LogP contribution >= 0.6 is 15.9 Å². The summed E-state index contributed by atoms with van der Waals surface area (Å²) in [4.78, 5) is 21.4. The summed E-state index contributed by atoms with van der Waals surface area (Å²) in [6.45, 7) is 3.79. The van der Waals surface area contributed by atoms with E-state index in [-0.39, 0.29) is 17.8 Å². The fourth-order valence-electron chi connectivity index (χ4n) is 3.23. The van der Waals surface area contributed by atoms with Crippen molar-refractivity contribution in [3.05, 3.63) is 95.4 Å². The van der Waals surface area contributed by atoms with E-state index in [2.05, 4.69) is 42.9 Å². The summed E-state index contributed by atoms with van der Waals surface area (Å²) in [5, 5.41) is 8.06. The molecule has 0 aliphatic rings. The molecule has 1 amide bonds. The normalized spacial score (nSPS) is 11.9. The Bertz CT molecular complexity index is 1220. The van der Waals surface area contributed by atoms with E-state index in [1.54, 1.807) is 41.5 Å². The van der Waals surface area contributed by atoms with Crippen molar-refractivity contribution in [2.45, 2.75) is 12.5 Å². The quantitative estimate of drug-likeness (QED) is 0.329. The first kappa shape index (κ1) is 19.9. The molecule has 8 heteroatoms. The highest BCUT2D eigenvalue weighted by molar-refractivity contribution is 9.10. The van der Waals surface area contributed by atoms with Gasteiger partial charge in [-0.2, -0.15) is 5.10 Å². The van der Waals surface area contributed by atoms with E-state index in [0.717, 1.165) is 5.56 Å². The molecule has 6 nitrogen and oxygen atoms in total. The second kappa shape index (κ2) is 8.54. The van der Waals surface area contributed by atoms with Crippen molar-refractivity contribution in [2.75, 3.05) is 0 Å². The minimum Gasteiger partial charge on any atom is -0.345 e. The highest BCUT2D eigenvalue weighted by Gasteiger charge is 2.19. The summed E-state index contributed by atoms with van der Waals surface area (Å²) in [5.74, 6) is -0.601. The number of hydrogen-bond donors (Lipinski definition) is 1. The number of halogens is 2. The second-order valence-electron chi connectivity index (χ2n) is 6.61. The van der Waals surface area contributed by atoms with Crippen LogP contribution in [0.3, 0.4) is 0 Å². The Labute approximate surface area is 180 Å². The van der Waals surface area contributed by atoms with Crippen LogP contribution in [0.4, 0.5) is 4.39 Å². The lowest BCUT2D eigenvalue weighted by Gasteiger charge is -2.18. The van der Waals surface area contributed by atoms with Crippen LogP contribution in [-0.4, -0.2) is 25.7 Å². The number of fused-ring (bicyclic) bond motifs is 1. The van der Waals surface area contributed by atoms with Crippen LogP contribution in [0, 0.1) is 5.82 Å². The Kier molecular flexibility index (Phi) is 5.67. The van der Waals surface area contributed by atoms with Crippen molar-refractivity contribution in [1.29, 1.82) is 0 Å². The maximum atomic E-state index is 13.3. The van der Waals surface area contributed by atoms with Gasteiger partial charge in [-0.15, -0.1) is 6.58 Å². The Balaban J connectivity index is 1.67. The Morgan fingerprint density at radius 3 is 2.77 bits per heavy atom. The van der Waals surface area contributed by atoms with Gasteiger partial charge in [0, 0.05) is 17.8 Å². The minimum absolute atomic E-state index is 0.267. The molecule has 4 rings (SSSR count). The molecule has 150 valence electrons. The van der Waals surface area contributed by atoms with E-state index in [0.29, 0.717) is 33.2 Å². The van der Waals surface area contributed by atoms with Gasteiger partial charge in [-0.3, -0.25) is 9.78 Å². The summed E-state index contributed by atoms with van der Waals surface area (Å²) in [6.07, 6.45) is 8.74. The monoisotopic (exact) mass is 465 g/mol. The van der Waals surface area contributed by atoms with Crippen molar-refractivity contribution in [3.8, 4) is 5.69 Å². The number of aromatic nitrogens is 4. The van der Waals surface area contributed by atoms with Gasteiger partial charge in [-0.25, -0.2) is 14.1 Å². The van der Waals surface area contributed by atoms with Gasteiger partial charge in [0.15, 0.2) is 0 Å². The zero-order valence-corrected chi connectivity index (χ0v) is 17.4. The summed E-state index contributed by atoms with van der Waals surface area (Å²) < 4.78 is 15.6. The first-order valence-corrected chi connectivity index (χ1v) is 9.97. The number of nitrogens with zero attached hydrogens (tertiary/aromatic N) is 4. The van der Waals surface area contributed by atoms with Crippen molar-refractivity contribution in [1.82, 2.24) is 25.1 Å². The summed E-state index contributed by atoms with van der Waals surface area (Å²) in [5.41, 5.74) is 2.65. The van der Waals surface area contributed by atoms with E-state index < -0.39 is 0 Å². The van der Waals surface area contributed by atoms with Crippen LogP contribution in [0.25, 0.3) is 16.6 Å². The Morgan fingerprint density at radius 1 is 1.23 bits per heavy atom. The zero-order chi connectivity index (χ0) is 21.1. The van der Waals surface area contributed by atoms with Gasteiger partial charge >= 0.3 is 0 Å². The lowest BCUT2D eigenvalue weighted by atomic mass is 10.0. The predicted molar refractivity (Wildman–Crippen MR) is 116 cm³/mol. The molecule has 0 aliphatic carbocycles. The fraction of sp³-hybridized carbons (Fsp3) is 0.0909. The molecule has 0 radical (unpaired) electrons. The molecular formula is C22H17BrFN5O. The average molecular weight is 466 g/mol. The van der Waals surface area contributed by atoms with Crippen molar-refractivity contribution in [3.63, 3.8) is 0 Å². The third kappa shape index (κ3) is 3.99. The largest absolute Gasteiger partial charge is 0.345 e. The maximum absolute atomic E-state index is 13.3. The molecule has 3 aromatic heterocycles. The number of rotatable bonds is 6. The van der Waals surface area contributed by atoms with E-state index in [1.165, 1.54) is 18.3 Å². The van der Waals surface area contributed by atoms with Gasteiger partial charge in [0.1, 0.15) is 10.4 Å². The first-order valence-electron chi connectivity index (χ1n) is 9.17. The molecular weight excluding hydrogens is 449 g/mol. The smallest absolute Gasteiger partial charge is 0.254 e. The maximum Gasteiger partial charge on any atom is 0.254 e. The van der Waals surface area contributed by atoms with Gasteiger partial charge in [0.2, 0.25) is 0 Å². The van der Waals surface area contributed by atoms with Crippen LogP contribution in [0.2, 0.25) is 0 Å². The summed E-state index contributed by atoms with van der Waals surface area (Å²) >= 11 is 3.36. The summed E-state index contributed by atoms with van der Waals surface area (Å²) in [6, 6.07) is 9.41. The number of nitrogens with one attached hydrogen (secondary N) is 1. The first-order chi connectivity index (χ1) is 14.6. The number of hydrogen-bond acceptors (Lipinski definition) is 4. The topological polar surface area (TPSA) is 72.7 Å². The summed E-state index contributed by atoms with van der Waals surface area (Å²) in [7, 11) is 0. The van der Waals surface area contributed by atoms with Gasteiger partial charge in [-0.1, -0.05) is 6.08 Å². The molecule has 1 atom stereocenters. The van der Waals surface area contributed by atoms with E-state index in [9.17, 15) is 9.18 Å². The molecule has 3 heterocycles. The number of carbonyl (C=O) groups excluding carboxylic acids is 1. The molecule has 0 spiro atoms. The van der Waals surface area contributed by atoms with Gasteiger partial charge in [0.25, 0.3) is 5.91 Å². The van der Waals surface area contributed by atoms with Crippen LogP contribution in [-0.2, 0) is 0 Å². The van der Waals surface area contributed by atoms with Crippen LogP contribution in [0.15, 0.2) is 78.4 Å². The molecule has 1 N–H and O–H groups in total. The van der Waals surface area contributed by atoms with E-state index >= 15 is 0 Å². The van der Waals surface area contributed by atoms with Crippen molar-refractivity contribution in [2.24, 2.45) is 0 Å². The number of amides is 1. The molecule has 30 heavy (non-hydrogen) atoms. The van der Waals surface area contributed by atoms with E-state index in [4.69, 9.17) is 0 Å². The molecule has 0 unspecified atom stereocenters. The minimum atomic E-state index is -0.329. The van der Waals surface area contributed by atoms with Crippen molar-refractivity contribution < 1.29 is 9.18 Å². The Morgan fingerprint density at radius 2 is 2.03 bits per heavy atom. The molecule has 0 saturated carbocycles. The highest BCUT2D eigenvalue weighted by atomic mass is 79.9. The van der Waals surface area contributed by atoms with Gasteiger partial charge in [-0.05, 0) is 64.3 Å². The van der Waals surface area contributed by atoms with Crippen LogP contribution in [0.5, 0.6) is 0 Å². The lowest BCUT2D eigenvalue weighted by molar-refractivity contribution is 0.0938. The molecule has 4 aromatic rings. The predicted octanol–water partition coefficient (Wildman–Crippen LogP) is 4.76. The highest BCUT2D eigenvalue weighted by Crippen LogP contribution is 2.24.